The quantitative estimate of drug-likeness (QED) is 0.618. The molecule has 3 amide bonds. The Morgan fingerprint density at radius 2 is 1.58 bits per heavy atom. The van der Waals surface area contributed by atoms with Crippen molar-refractivity contribution in [2.75, 3.05) is 7.05 Å². The van der Waals surface area contributed by atoms with Gasteiger partial charge < -0.3 is 10.4 Å². The molecule has 0 saturated heterocycles. The van der Waals surface area contributed by atoms with Crippen molar-refractivity contribution in [2.45, 2.75) is 31.3 Å². The van der Waals surface area contributed by atoms with E-state index in [4.69, 9.17) is 5.11 Å². The number of imide groups is 1. The molecular weight excluding hydrogens is 276 g/mol. The number of amides is 3. The Hall–Kier alpha value is -1.64. The number of nitrogens with one attached hydrogen (secondary N) is 2. The zero-order valence-corrected chi connectivity index (χ0v) is 11.9. The van der Waals surface area contributed by atoms with Crippen LogP contribution in [0.5, 0.6) is 0 Å². The van der Waals surface area contributed by atoms with Crippen LogP contribution in [0.2, 0.25) is 0 Å². The van der Waals surface area contributed by atoms with Crippen LogP contribution in [-0.2, 0) is 19.4 Å². The first kappa shape index (κ1) is 17.4. The highest BCUT2D eigenvalue weighted by molar-refractivity contribution is 7.94. The van der Waals surface area contributed by atoms with Gasteiger partial charge in [-0.2, -0.15) is 0 Å². The second-order valence-corrected chi connectivity index (χ2v) is 6.70. The minimum atomic E-state index is -4.24. The average Bonchev–Trinajstić information content (AvgIpc) is 2.25. The lowest BCUT2D eigenvalue weighted by atomic mass is 10.1. The summed E-state index contributed by atoms with van der Waals surface area (Å²) in [5, 5.41) is 9.52. The smallest absolute Gasteiger partial charge is 0.322 e. The second kappa shape index (κ2) is 6.50. The van der Waals surface area contributed by atoms with E-state index in [-0.39, 0.29) is 0 Å². The van der Waals surface area contributed by atoms with E-state index in [1.165, 1.54) is 20.9 Å². The van der Waals surface area contributed by atoms with Gasteiger partial charge in [-0.15, -0.1) is 0 Å². The fraction of sp³-hybridized carbons (Fsp3) is 0.700. The third-order valence-corrected chi connectivity index (χ3v) is 5.18. The third kappa shape index (κ3) is 4.19. The predicted octanol–water partition coefficient (Wildman–Crippen LogP) is -0.645. The van der Waals surface area contributed by atoms with E-state index < -0.39 is 44.2 Å². The minimum Gasteiger partial charge on any atom is -0.480 e. The molecule has 0 fully saturated rings. The fourth-order valence-corrected chi connectivity index (χ4v) is 3.29. The molecule has 0 aromatic carbocycles. The molecule has 0 heterocycles. The second-order valence-electron chi connectivity index (χ2n) is 4.30. The van der Waals surface area contributed by atoms with Gasteiger partial charge in [0.25, 0.3) is 0 Å². The Balaban J connectivity index is 5.24. The largest absolute Gasteiger partial charge is 0.480 e. The Labute approximate surface area is 111 Å². The number of carbonyl (C=O) groups excluding carboxylic acids is 2. The molecule has 9 heteroatoms. The average molecular weight is 294 g/mol. The van der Waals surface area contributed by atoms with Gasteiger partial charge in [0.15, 0.2) is 15.1 Å². The molecule has 0 bridgehead atoms. The van der Waals surface area contributed by atoms with E-state index in [0.29, 0.717) is 0 Å². The van der Waals surface area contributed by atoms with E-state index in [1.54, 1.807) is 0 Å². The van der Waals surface area contributed by atoms with Crippen LogP contribution in [0.3, 0.4) is 0 Å². The van der Waals surface area contributed by atoms with Crippen LogP contribution >= 0.6 is 0 Å². The number of urea groups is 1. The van der Waals surface area contributed by atoms with E-state index >= 15 is 0 Å². The van der Waals surface area contributed by atoms with Gasteiger partial charge in [0.1, 0.15) is 5.25 Å². The summed E-state index contributed by atoms with van der Waals surface area (Å²) in [5.41, 5.74) is 0. The Bertz CT molecular complexity index is 470. The molecule has 110 valence electrons. The van der Waals surface area contributed by atoms with Gasteiger partial charge in [0, 0.05) is 7.05 Å². The molecule has 0 aromatic heterocycles. The van der Waals surface area contributed by atoms with Crippen LogP contribution in [0.25, 0.3) is 0 Å². The van der Waals surface area contributed by atoms with Gasteiger partial charge in [-0.25, -0.2) is 13.2 Å². The van der Waals surface area contributed by atoms with Crippen molar-refractivity contribution < 1.29 is 27.9 Å². The van der Waals surface area contributed by atoms with Crippen molar-refractivity contribution in [3.63, 3.8) is 0 Å². The van der Waals surface area contributed by atoms with Crippen LogP contribution in [0.1, 0.15) is 20.8 Å². The molecule has 0 aliphatic heterocycles. The van der Waals surface area contributed by atoms with E-state index in [0.717, 1.165) is 6.92 Å². The number of carboxylic acids is 1. The first-order chi connectivity index (χ1) is 8.55. The van der Waals surface area contributed by atoms with E-state index in [9.17, 15) is 22.8 Å². The summed E-state index contributed by atoms with van der Waals surface area (Å²) in [6.07, 6.45) is 0. The minimum absolute atomic E-state index is 0.697. The molecule has 0 aliphatic rings. The van der Waals surface area contributed by atoms with E-state index in [1.807, 2.05) is 5.32 Å². The predicted molar refractivity (Wildman–Crippen MR) is 67.2 cm³/mol. The fourth-order valence-electron chi connectivity index (χ4n) is 1.45. The molecule has 2 atom stereocenters. The van der Waals surface area contributed by atoms with E-state index in [2.05, 4.69) is 5.32 Å². The maximum absolute atomic E-state index is 12.1. The molecule has 0 rings (SSSR count). The standard InChI is InChI=1S/C10H18N2O6S/c1-5(2)7(9(14)15)19(17,18)6(3)8(13)12-10(16)11-4/h5-7H,1-4H3,(H,14,15)(H2,11,12,13,16). The molecule has 0 radical (unpaired) electrons. The summed E-state index contributed by atoms with van der Waals surface area (Å²) in [4.78, 5) is 33.5. The Morgan fingerprint density at radius 3 is 1.89 bits per heavy atom. The molecule has 0 aromatic rings. The molecule has 8 nitrogen and oxygen atoms in total. The lowest BCUT2D eigenvalue weighted by Gasteiger charge is -2.20. The van der Waals surface area contributed by atoms with Gasteiger partial charge in [-0.1, -0.05) is 13.8 Å². The van der Waals surface area contributed by atoms with Gasteiger partial charge in [-0.05, 0) is 12.8 Å². The molecule has 3 N–H and O–H groups in total. The Morgan fingerprint density at radius 1 is 1.11 bits per heavy atom. The van der Waals surface area contributed by atoms with Crippen molar-refractivity contribution in [3.8, 4) is 0 Å². The highest BCUT2D eigenvalue weighted by Crippen LogP contribution is 2.18. The highest BCUT2D eigenvalue weighted by atomic mass is 32.2. The molecule has 0 aliphatic carbocycles. The molecule has 0 spiro atoms. The first-order valence-corrected chi connectivity index (χ1v) is 7.14. The summed E-state index contributed by atoms with van der Waals surface area (Å²) in [5.74, 6) is -3.28. The number of aliphatic carboxylic acids is 1. The zero-order valence-electron chi connectivity index (χ0n) is 11.1. The summed E-state index contributed by atoms with van der Waals surface area (Å²) < 4.78 is 24.1. The topological polar surface area (TPSA) is 130 Å². The maximum atomic E-state index is 12.1. The lowest BCUT2D eigenvalue weighted by Crippen LogP contribution is -2.49. The van der Waals surface area contributed by atoms with Crippen LogP contribution < -0.4 is 10.6 Å². The number of hydrogen-bond acceptors (Lipinski definition) is 5. The number of sulfone groups is 1. The summed E-state index contributed by atoms with van der Waals surface area (Å²) in [6.45, 7) is 3.91. The van der Waals surface area contributed by atoms with Crippen LogP contribution in [0.4, 0.5) is 4.79 Å². The number of carboxylic acid groups (broad SMARTS) is 1. The third-order valence-electron chi connectivity index (χ3n) is 2.53. The van der Waals surface area contributed by atoms with Gasteiger partial charge in [0.05, 0.1) is 0 Å². The SMILES string of the molecule is CNC(=O)NC(=O)C(C)S(=O)(=O)C(C(=O)O)C(C)C. The molecule has 19 heavy (non-hydrogen) atoms. The van der Waals surface area contributed by atoms with Gasteiger partial charge >= 0.3 is 12.0 Å². The first-order valence-electron chi connectivity index (χ1n) is 5.53. The summed E-state index contributed by atoms with van der Waals surface area (Å²) in [6, 6.07) is -0.858. The maximum Gasteiger partial charge on any atom is 0.322 e. The van der Waals surface area contributed by atoms with Gasteiger partial charge in [-0.3, -0.25) is 14.9 Å². The van der Waals surface area contributed by atoms with Crippen molar-refractivity contribution in [3.05, 3.63) is 0 Å². The summed E-state index contributed by atoms with van der Waals surface area (Å²) >= 11 is 0. The highest BCUT2D eigenvalue weighted by Gasteiger charge is 2.42. The van der Waals surface area contributed by atoms with Crippen LogP contribution in [-0.4, -0.2) is 49.0 Å². The molecular formula is C10H18N2O6S. The Kier molecular flexibility index (Phi) is 5.94. The van der Waals surface area contributed by atoms with Crippen molar-refractivity contribution >= 4 is 27.7 Å². The van der Waals surface area contributed by atoms with Gasteiger partial charge in [0.2, 0.25) is 5.91 Å². The van der Waals surface area contributed by atoms with Crippen LogP contribution in [0.15, 0.2) is 0 Å². The number of carbonyl (C=O) groups is 3. The number of rotatable bonds is 5. The van der Waals surface area contributed by atoms with Crippen molar-refractivity contribution in [2.24, 2.45) is 5.92 Å². The normalized spacial score (nSPS) is 14.6. The van der Waals surface area contributed by atoms with Crippen molar-refractivity contribution in [1.82, 2.24) is 10.6 Å². The monoisotopic (exact) mass is 294 g/mol. The lowest BCUT2D eigenvalue weighted by molar-refractivity contribution is -0.137. The number of hydrogen-bond donors (Lipinski definition) is 3. The molecule has 2 unspecified atom stereocenters. The van der Waals surface area contributed by atoms with Crippen LogP contribution in [0, 0.1) is 5.92 Å². The summed E-state index contributed by atoms with van der Waals surface area (Å²) in [7, 11) is -2.98. The zero-order chi connectivity index (χ0) is 15.4. The molecule has 0 saturated carbocycles. The van der Waals surface area contributed by atoms with Crippen molar-refractivity contribution in [1.29, 1.82) is 0 Å².